The smallest absolute Gasteiger partial charge is 0.0735 e. The maximum Gasteiger partial charge on any atom is 0.0735 e. The fourth-order valence-corrected chi connectivity index (χ4v) is 1.29. The van der Waals surface area contributed by atoms with E-state index in [4.69, 9.17) is 0 Å². The Morgan fingerprint density at radius 2 is 2.00 bits per heavy atom. The molecule has 0 spiro atoms. The quantitative estimate of drug-likeness (QED) is 0.587. The highest BCUT2D eigenvalue weighted by Gasteiger charge is 1.97. The number of aromatic nitrogens is 2. The third-order valence-electron chi connectivity index (χ3n) is 1.95. The maximum atomic E-state index is 4.30. The van der Waals surface area contributed by atoms with Crippen LogP contribution in [0.5, 0.6) is 0 Å². The highest BCUT2D eigenvalue weighted by atomic mass is 14.7. The van der Waals surface area contributed by atoms with Gasteiger partial charge in [0.25, 0.3) is 0 Å². The van der Waals surface area contributed by atoms with Crippen LogP contribution in [0.3, 0.4) is 0 Å². The summed E-state index contributed by atoms with van der Waals surface area (Å²) in [5.41, 5.74) is 3.25. The third-order valence-corrected chi connectivity index (χ3v) is 1.95. The number of nitrogens with zero attached hydrogens (tertiary/aromatic N) is 2. The summed E-state index contributed by atoms with van der Waals surface area (Å²) in [5.74, 6) is 0. The zero-order valence-electron chi connectivity index (χ0n) is 7.20. The van der Waals surface area contributed by atoms with E-state index in [2.05, 4.69) is 16.0 Å². The number of rotatable bonds is 0. The number of aryl methyl sites for hydroxylation is 2. The summed E-state index contributed by atoms with van der Waals surface area (Å²) in [6.07, 6.45) is 3.67. The second-order valence-electron chi connectivity index (χ2n) is 2.98. The lowest BCUT2D eigenvalue weighted by molar-refractivity contribution is 1.21. The minimum Gasteiger partial charge on any atom is -0.261 e. The van der Waals surface area contributed by atoms with Crippen molar-refractivity contribution in [1.82, 2.24) is 9.97 Å². The molecule has 60 valence electrons. The van der Waals surface area contributed by atoms with E-state index in [1.54, 1.807) is 6.20 Å². The van der Waals surface area contributed by atoms with E-state index in [0.717, 1.165) is 16.6 Å². The molecule has 2 aromatic heterocycles. The van der Waals surface area contributed by atoms with Crippen LogP contribution in [0.4, 0.5) is 0 Å². The molecular formula is C10H10N2. The van der Waals surface area contributed by atoms with Gasteiger partial charge < -0.3 is 0 Å². The minimum absolute atomic E-state index is 1.02. The van der Waals surface area contributed by atoms with Crippen LogP contribution >= 0.6 is 0 Å². The first-order chi connectivity index (χ1) is 5.77. The standard InChI is InChI=1S/C10H10N2/c1-7-5-9-8(2)11-4-3-10(9)12-6-7/h3-6H,1-2H3. The Bertz CT molecular complexity index is 421. The molecule has 2 aromatic rings. The highest BCUT2D eigenvalue weighted by molar-refractivity contribution is 5.80. The number of pyridine rings is 2. The van der Waals surface area contributed by atoms with Crippen LogP contribution < -0.4 is 0 Å². The number of hydrogen-bond acceptors (Lipinski definition) is 2. The van der Waals surface area contributed by atoms with Crippen molar-refractivity contribution in [3.05, 3.63) is 35.8 Å². The van der Waals surface area contributed by atoms with Gasteiger partial charge in [0.1, 0.15) is 0 Å². The summed E-state index contributed by atoms with van der Waals surface area (Å²) >= 11 is 0. The maximum absolute atomic E-state index is 4.30. The molecule has 0 atom stereocenters. The Kier molecular flexibility index (Phi) is 1.54. The van der Waals surface area contributed by atoms with Crippen molar-refractivity contribution in [3.8, 4) is 0 Å². The predicted octanol–water partition coefficient (Wildman–Crippen LogP) is 2.25. The number of fused-ring (bicyclic) bond motifs is 1. The molecule has 0 aromatic carbocycles. The highest BCUT2D eigenvalue weighted by Crippen LogP contribution is 2.14. The molecule has 0 unspecified atom stereocenters. The second-order valence-corrected chi connectivity index (χ2v) is 2.98. The lowest BCUT2D eigenvalue weighted by Gasteiger charge is -2.00. The summed E-state index contributed by atoms with van der Waals surface area (Å²) in [6, 6.07) is 4.05. The van der Waals surface area contributed by atoms with Crippen molar-refractivity contribution in [2.24, 2.45) is 0 Å². The summed E-state index contributed by atoms with van der Waals surface area (Å²) in [5, 5.41) is 1.15. The lowest BCUT2D eigenvalue weighted by atomic mass is 10.2. The molecule has 0 N–H and O–H groups in total. The van der Waals surface area contributed by atoms with E-state index in [1.165, 1.54) is 5.56 Å². The van der Waals surface area contributed by atoms with Crippen LogP contribution in [0, 0.1) is 13.8 Å². The first kappa shape index (κ1) is 7.22. The van der Waals surface area contributed by atoms with Crippen LogP contribution in [0.25, 0.3) is 10.9 Å². The van der Waals surface area contributed by atoms with Crippen molar-refractivity contribution in [2.75, 3.05) is 0 Å². The largest absolute Gasteiger partial charge is 0.261 e. The molecule has 2 heterocycles. The van der Waals surface area contributed by atoms with Crippen molar-refractivity contribution in [2.45, 2.75) is 13.8 Å². The van der Waals surface area contributed by atoms with Crippen LogP contribution in [0.15, 0.2) is 24.5 Å². The van der Waals surface area contributed by atoms with Gasteiger partial charge in [0.05, 0.1) is 5.52 Å². The van der Waals surface area contributed by atoms with Gasteiger partial charge in [-0.05, 0) is 31.5 Å². The van der Waals surface area contributed by atoms with Gasteiger partial charge in [0.15, 0.2) is 0 Å². The summed E-state index contributed by atoms with van der Waals surface area (Å²) in [4.78, 5) is 8.51. The fraction of sp³-hybridized carbons (Fsp3) is 0.200. The normalized spacial score (nSPS) is 10.5. The topological polar surface area (TPSA) is 25.8 Å². The zero-order valence-corrected chi connectivity index (χ0v) is 7.20. The van der Waals surface area contributed by atoms with E-state index in [-0.39, 0.29) is 0 Å². The third kappa shape index (κ3) is 1.05. The molecule has 0 saturated carbocycles. The van der Waals surface area contributed by atoms with Gasteiger partial charge in [-0.1, -0.05) is 0 Å². The monoisotopic (exact) mass is 158 g/mol. The van der Waals surface area contributed by atoms with Gasteiger partial charge in [-0.3, -0.25) is 9.97 Å². The molecule has 0 saturated heterocycles. The number of hydrogen-bond donors (Lipinski definition) is 0. The molecule has 0 aliphatic heterocycles. The van der Waals surface area contributed by atoms with E-state index < -0.39 is 0 Å². The summed E-state index contributed by atoms with van der Waals surface area (Å²) in [6.45, 7) is 4.04. The van der Waals surface area contributed by atoms with E-state index in [1.807, 2.05) is 26.1 Å². The Labute approximate surface area is 71.3 Å². The van der Waals surface area contributed by atoms with Gasteiger partial charge in [0, 0.05) is 23.5 Å². The van der Waals surface area contributed by atoms with Crippen molar-refractivity contribution in [1.29, 1.82) is 0 Å². The summed E-state index contributed by atoms with van der Waals surface area (Å²) in [7, 11) is 0. The second kappa shape index (κ2) is 2.55. The Morgan fingerprint density at radius 3 is 2.83 bits per heavy atom. The van der Waals surface area contributed by atoms with Crippen molar-refractivity contribution >= 4 is 10.9 Å². The first-order valence-electron chi connectivity index (χ1n) is 3.95. The van der Waals surface area contributed by atoms with E-state index in [0.29, 0.717) is 0 Å². The van der Waals surface area contributed by atoms with Gasteiger partial charge in [-0.25, -0.2) is 0 Å². The first-order valence-corrected chi connectivity index (χ1v) is 3.95. The van der Waals surface area contributed by atoms with Crippen LogP contribution in [-0.2, 0) is 0 Å². The average Bonchev–Trinajstić information content (AvgIpc) is 2.07. The van der Waals surface area contributed by atoms with Gasteiger partial charge in [0.2, 0.25) is 0 Å². The minimum atomic E-state index is 1.02. The van der Waals surface area contributed by atoms with Gasteiger partial charge >= 0.3 is 0 Å². The average molecular weight is 158 g/mol. The molecule has 0 aliphatic rings. The lowest BCUT2D eigenvalue weighted by Crippen LogP contribution is -1.86. The Morgan fingerprint density at radius 1 is 1.17 bits per heavy atom. The molecule has 0 radical (unpaired) electrons. The molecule has 0 bridgehead atoms. The van der Waals surface area contributed by atoms with Gasteiger partial charge in [-0.15, -0.1) is 0 Å². The Hall–Kier alpha value is -1.44. The van der Waals surface area contributed by atoms with E-state index >= 15 is 0 Å². The molecule has 0 amide bonds. The molecule has 0 fully saturated rings. The van der Waals surface area contributed by atoms with Crippen molar-refractivity contribution in [3.63, 3.8) is 0 Å². The molecule has 12 heavy (non-hydrogen) atoms. The molecular weight excluding hydrogens is 148 g/mol. The predicted molar refractivity (Wildman–Crippen MR) is 49.0 cm³/mol. The fourth-order valence-electron chi connectivity index (χ4n) is 1.29. The zero-order chi connectivity index (χ0) is 8.55. The SMILES string of the molecule is Cc1cnc2ccnc(C)c2c1. The molecule has 2 heteroatoms. The van der Waals surface area contributed by atoms with Crippen LogP contribution in [0.2, 0.25) is 0 Å². The molecule has 2 nitrogen and oxygen atoms in total. The van der Waals surface area contributed by atoms with Crippen LogP contribution in [0.1, 0.15) is 11.3 Å². The molecule has 0 aliphatic carbocycles. The van der Waals surface area contributed by atoms with Crippen molar-refractivity contribution < 1.29 is 0 Å². The van der Waals surface area contributed by atoms with E-state index in [9.17, 15) is 0 Å². The van der Waals surface area contributed by atoms with Gasteiger partial charge in [-0.2, -0.15) is 0 Å². The summed E-state index contributed by atoms with van der Waals surface area (Å²) < 4.78 is 0. The van der Waals surface area contributed by atoms with Crippen LogP contribution in [-0.4, -0.2) is 9.97 Å². The Balaban J connectivity index is 2.88. The molecule has 2 rings (SSSR count).